The second-order valence-corrected chi connectivity index (χ2v) is 27.1. The quantitative estimate of drug-likeness (QED) is 0.155. The third-order valence-corrected chi connectivity index (χ3v) is 18.5. The van der Waals surface area contributed by atoms with E-state index >= 15 is 0 Å². The summed E-state index contributed by atoms with van der Waals surface area (Å²) in [7, 11) is 0. The van der Waals surface area contributed by atoms with Crippen LogP contribution in [0.25, 0.3) is 64.7 Å². The summed E-state index contributed by atoms with van der Waals surface area (Å²) in [6.45, 7) is 24.0. The Hall–Kier alpha value is -8.32. The zero-order chi connectivity index (χ0) is 56.4. The molecule has 0 aliphatic carbocycles. The molecule has 0 fully saturated rings. The van der Waals surface area contributed by atoms with E-state index in [1.54, 1.807) is 0 Å². The monoisotopic (exact) mass is 1080 g/mol. The maximum Gasteiger partial charge on any atom is 0.252 e. The highest BCUT2D eigenvalue weighted by atomic mass is 32.1. The lowest BCUT2D eigenvalue weighted by Gasteiger charge is -2.45. The van der Waals surface area contributed by atoms with Gasteiger partial charge in [0.15, 0.2) is 11.5 Å². The van der Waals surface area contributed by atoms with Crippen LogP contribution in [-0.4, -0.2) is 19.9 Å². The predicted octanol–water partition coefficient (Wildman–Crippen LogP) is 19.2. The van der Waals surface area contributed by atoms with Crippen LogP contribution in [0.1, 0.15) is 91.0 Å². The van der Waals surface area contributed by atoms with Gasteiger partial charge in [-0.15, -0.1) is 11.3 Å². The first-order valence-electron chi connectivity index (χ1n) is 29.2. The van der Waals surface area contributed by atoms with E-state index in [0.717, 1.165) is 57.6 Å². The number of anilines is 6. The second kappa shape index (κ2) is 19.4. The fourth-order valence-corrected chi connectivity index (χ4v) is 14.0. The number of aryl methyl sites for hydroxylation is 1. The summed E-state index contributed by atoms with van der Waals surface area (Å²) in [6, 6.07) is 76.4. The summed E-state index contributed by atoms with van der Waals surface area (Å²) < 4.78 is 16.2. The third-order valence-electron chi connectivity index (χ3n) is 17.3. The van der Waals surface area contributed by atoms with E-state index in [9.17, 15) is 0 Å². The number of ether oxygens (including phenoxy) is 2. The molecule has 0 bridgehead atoms. The molecule has 14 rings (SSSR count). The Morgan fingerprint density at radius 2 is 0.988 bits per heavy atom. The predicted molar refractivity (Wildman–Crippen MR) is 352 cm³/mol. The number of hydrogen-bond acceptors (Lipinski definition) is 5. The minimum atomic E-state index is -0.147. The Morgan fingerprint density at radius 1 is 0.415 bits per heavy atom. The third kappa shape index (κ3) is 8.89. The molecule has 82 heavy (non-hydrogen) atoms. The van der Waals surface area contributed by atoms with Gasteiger partial charge in [0.2, 0.25) is 0 Å². The van der Waals surface area contributed by atoms with Crippen molar-refractivity contribution in [2.24, 2.45) is 0 Å². The first kappa shape index (κ1) is 51.8. The number of hydrogen-bond donors (Lipinski definition) is 0. The summed E-state index contributed by atoms with van der Waals surface area (Å²) in [4.78, 5) is 5.14. The van der Waals surface area contributed by atoms with Gasteiger partial charge in [0.25, 0.3) is 6.71 Å². The van der Waals surface area contributed by atoms with E-state index in [1.807, 2.05) is 11.3 Å². The Balaban J connectivity index is 1.07. The van der Waals surface area contributed by atoms with Gasteiger partial charge in [-0.05, 0) is 167 Å². The Bertz CT molecular complexity index is 4250. The van der Waals surface area contributed by atoms with Crippen LogP contribution in [0.4, 0.5) is 34.1 Å². The van der Waals surface area contributed by atoms with Crippen molar-refractivity contribution in [2.75, 3.05) is 23.0 Å². The Morgan fingerprint density at radius 3 is 1.67 bits per heavy atom. The van der Waals surface area contributed by atoms with Gasteiger partial charge >= 0.3 is 0 Å². The van der Waals surface area contributed by atoms with Gasteiger partial charge in [0.1, 0.15) is 0 Å². The van der Waals surface area contributed by atoms with Gasteiger partial charge in [0.05, 0.1) is 24.6 Å². The summed E-state index contributed by atoms with van der Waals surface area (Å²) in [5.74, 6) is 1.58. The number of fused-ring (bicyclic) bond motifs is 9. The molecule has 11 aromatic rings. The molecule has 3 aliphatic heterocycles. The molecule has 0 N–H and O–H groups in total. The van der Waals surface area contributed by atoms with Gasteiger partial charge in [-0.2, -0.15) is 0 Å². The first-order chi connectivity index (χ1) is 39.4. The summed E-state index contributed by atoms with van der Waals surface area (Å²) in [5.41, 5.74) is 24.8. The van der Waals surface area contributed by atoms with Crippen LogP contribution >= 0.6 is 11.3 Å². The molecule has 404 valence electrons. The highest BCUT2D eigenvalue weighted by molar-refractivity contribution is 7.25. The molecular formula is C76H69BN2O2S. The number of nitrogens with zero attached hydrogens (tertiary/aromatic N) is 2. The SMILES string of the molecule is Cc1cc2c3c(c1)N(c1ccc(C(C)(C)C)cc1-c1ccccc1)c1c(ccc4c1OCCCO4)B3c1ccc(-c3ccc4c(c3)sc3ccccc34)cc1N2c1cc(-c2ccc(C(C)(C)C)cc2)cc(-c2ccc(C(C)(C)C)cc2)c1. The Labute approximate surface area is 488 Å². The van der Waals surface area contributed by atoms with E-state index < -0.39 is 0 Å². The molecule has 0 radical (unpaired) electrons. The zero-order valence-electron chi connectivity index (χ0n) is 48.9. The lowest BCUT2D eigenvalue weighted by Crippen LogP contribution is -2.61. The average Bonchev–Trinajstić information content (AvgIpc) is 1.57. The maximum atomic E-state index is 7.01. The minimum Gasteiger partial charge on any atom is -0.489 e. The number of benzene rings is 10. The smallest absolute Gasteiger partial charge is 0.252 e. The molecule has 0 spiro atoms. The van der Waals surface area contributed by atoms with Crippen molar-refractivity contribution in [1.82, 2.24) is 0 Å². The number of rotatable bonds is 6. The summed E-state index contributed by atoms with van der Waals surface area (Å²) >= 11 is 1.87. The largest absolute Gasteiger partial charge is 0.489 e. The van der Waals surface area contributed by atoms with Crippen molar-refractivity contribution < 1.29 is 9.47 Å². The number of thiophene rings is 1. The van der Waals surface area contributed by atoms with Gasteiger partial charge in [-0.1, -0.05) is 196 Å². The normalized spacial score (nSPS) is 14.0. The molecule has 3 aliphatic rings. The standard InChI is InChI=1S/C76H69BN2O2S/c1-47-39-66-71-67(40-47)79(64-35-31-57(76(8,9)10)46-61(64)50-17-12-11-13-18-50)72-63(34-36-68-73(72)81-38-16-37-80-68)77(71)62-33-26-51(52-25-32-60-59-19-14-15-20-69(59)82-70(60)45-52)44-65(62)78(66)58-42-53(48-21-27-55(28-22-48)74(2,3)4)41-54(43-58)49-23-29-56(30-24-49)75(5,6)7/h11-15,17-36,39-46H,16,37-38H2,1-10H3. The minimum absolute atomic E-state index is 0.0263. The molecule has 4 nitrogen and oxygen atoms in total. The molecule has 0 saturated carbocycles. The van der Waals surface area contributed by atoms with Crippen LogP contribution in [0, 0.1) is 6.92 Å². The summed E-state index contributed by atoms with van der Waals surface area (Å²) in [6.07, 6.45) is 0.804. The van der Waals surface area contributed by atoms with E-state index in [-0.39, 0.29) is 23.0 Å². The van der Waals surface area contributed by atoms with Gasteiger partial charge in [-0.3, -0.25) is 0 Å². The van der Waals surface area contributed by atoms with Crippen LogP contribution in [0.2, 0.25) is 0 Å². The Kier molecular flexibility index (Phi) is 12.3. The summed E-state index contributed by atoms with van der Waals surface area (Å²) in [5, 5.41) is 2.61. The first-order valence-corrected chi connectivity index (χ1v) is 30.1. The van der Waals surface area contributed by atoms with Crippen molar-refractivity contribution in [3.05, 3.63) is 222 Å². The van der Waals surface area contributed by atoms with Gasteiger partial charge in [0, 0.05) is 54.9 Å². The molecular weight excluding hydrogens is 1020 g/mol. The van der Waals surface area contributed by atoms with Crippen molar-refractivity contribution in [3.8, 4) is 56.0 Å². The molecule has 4 heterocycles. The topological polar surface area (TPSA) is 24.9 Å². The molecule has 0 amide bonds. The molecule has 10 aromatic carbocycles. The van der Waals surface area contributed by atoms with E-state index in [1.165, 1.54) is 97.8 Å². The van der Waals surface area contributed by atoms with Crippen LogP contribution in [0.15, 0.2) is 200 Å². The molecule has 0 atom stereocenters. The van der Waals surface area contributed by atoms with Crippen LogP contribution in [-0.2, 0) is 16.2 Å². The van der Waals surface area contributed by atoms with E-state index in [2.05, 4.69) is 279 Å². The van der Waals surface area contributed by atoms with Crippen LogP contribution in [0.5, 0.6) is 11.5 Å². The van der Waals surface area contributed by atoms with Crippen LogP contribution < -0.4 is 35.7 Å². The molecule has 6 heteroatoms. The molecule has 1 aromatic heterocycles. The zero-order valence-corrected chi connectivity index (χ0v) is 49.7. The fraction of sp³-hybridized carbons (Fsp3) is 0.211. The van der Waals surface area contributed by atoms with Crippen molar-refractivity contribution >= 4 is 88.7 Å². The lowest BCUT2D eigenvalue weighted by atomic mass is 9.33. The highest BCUT2D eigenvalue weighted by Gasteiger charge is 2.46. The van der Waals surface area contributed by atoms with Crippen molar-refractivity contribution in [2.45, 2.75) is 91.9 Å². The van der Waals surface area contributed by atoms with Crippen molar-refractivity contribution in [1.29, 1.82) is 0 Å². The fourth-order valence-electron chi connectivity index (χ4n) is 12.9. The van der Waals surface area contributed by atoms with E-state index in [4.69, 9.17) is 9.47 Å². The van der Waals surface area contributed by atoms with Crippen LogP contribution in [0.3, 0.4) is 0 Å². The van der Waals surface area contributed by atoms with Gasteiger partial charge < -0.3 is 19.3 Å². The molecule has 0 unspecified atom stereocenters. The average molecular weight is 1090 g/mol. The van der Waals surface area contributed by atoms with Crippen molar-refractivity contribution in [3.63, 3.8) is 0 Å². The second-order valence-electron chi connectivity index (χ2n) is 26.1. The lowest BCUT2D eigenvalue weighted by molar-refractivity contribution is 0.297. The molecule has 0 saturated heterocycles. The highest BCUT2D eigenvalue weighted by Crippen LogP contribution is 2.53. The van der Waals surface area contributed by atoms with E-state index in [0.29, 0.717) is 13.2 Å². The van der Waals surface area contributed by atoms with Gasteiger partial charge in [-0.25, -0.2) is 0 Å². The maximum absolute atomic E-state index is 7.01.